The Hall–Kier alpha value is -2.81. The molecule has 0 spiro atoms. The highest BCUT2D eigenvalue weighted by Crippen LogP contribution is 2.27. The molecule has 1 aliphatic rings. The maximum atomic E-state index is 11.9. The number of amides is 3. The number of hydrogen-bond acceptors (Lipinski definition) is 7. The molecule has 3 heterocycles. The highest BCUT2D eigenvalue weighted by molar-refractivity contribution is 5.95. The monoisotopic (exact) mass is 372 g/mol. The predicted molar refractivity (Wildman–Crippen MR) is 97.8 cm³/mol. The number of nitrogens with zero attached hydrogens (tertiary/aromatic N) is 4. The Morgan fingerprint density at radius 3 is 2.81 bits per heavy atom. The Balaban J connectivity index is 1.46. The molecular weight excluding hydrogens is 348 g/mol. The van der Waals surface area contributed by atoms with Gasteiger partial charge in [-0.15, -0.1) is 0 Å². The molecule has 0 atom stereocenters. The Kier molecular flexibility index (Phi) is 6.48. The van der Waals surface area contributed by atoms with Gasteiger partial charge >= 0.3 is 6.03 Å². The van der Waals surface area contributed by atoms with E-state index in [9.17, 15) is 9.59 Å². The van der Waals surface area contributed by atoms with Gasteiger partial charge in [-0.2, -0.15) is 4.98 Å². The van der Waals surface area contributed by atoms with Crippen molar-refractivity contribution in [2.75, 3.05) is 26.2 Å². The first-order valence-electron chi connectivity index (χ1n) is 9.20. The second-order valence-corrected chi connectivity index (χ2v) is 6.53. The summed E-state index contributed by atoms with van der Waals surface area (Å²) in [5.74, 6) is 0.976. The lowest BCUT2D eigenvalue weighted by molar-refractivity contribution is -0.121. The van der Waals surface area contributed by atoms with Crippen molar-refractivity contribution >= 4 is 11.9 Å². The van der Waals surface area contributed by atoms with Crippen LogP contribution in [-0.2, 0) is 4.79 Å². The third kappa shape index (κ3) is 5.33. The molecule has 2 N–H and O–H groups in total. The summed E-state index contributed by atoms with van der Waals surface area (Å²) in [5.41, 5.74) is 0.683. The van der Waals surface area contributed by atoms with Gasteiger partial charge < -0.3 is 9.84 Å². The smallest absolute Gasteiger partial charge is 0.321 e. The van der Waals surface area contributed by atoms with Gasteiger partial charge in [-0.05, 0) is 44.5 Å². The third-order valence-electron chi connectivity index (χ3n) is 4.43. The molecule has 1 aliphatic heterocycles. The van der Waals surface area contributed by atoms with Crippen LogP contribution >= 0.6 is 0 Å². The van der Waals surface area contributed by atoms with Crippen molar-refractivity contribution in [1.29, 1.82) is 0 Å². The van der Waals surface area contributed by atoms with E-state index >= 15 is 0 Å². The molecule has 0 aromatic carbocycles. The number of carbonyl (C=O) groups is 2. The Morgan fingerprint density at radius 2 is 2.11 bits per heavy atom. The van der Waals surface area contributed by atoms with E-state index in [2.05, 4.69) is 25.8 Å². The molecule has 9 heteroatoms. The van der Waals surface area contributed by atoms with Crippen LogP contribution < -0.4 is 10.6 Å². The molecule has 2 aromatic rings. The molecule has 0 aliphatic carbocycles. The van der Waals surface area contributed by atoms with Crippen LogP contribution in [-0.4, -0.2) is 58.1 Å². The van der Waals surface area contributed by atoms with E-state index in [4.69, 9.17) is 4.52 Å². The van der Waals surface area contributed by atoms with Crippen molar-refractivity contribution in [2.45, 2.75) is 32.1 Å². The molecule has 3 amide bonds. The first-order chi connectivity index (χ1) is 13.2. The molecule has 9 nitrogen and oxygen atoms in total. The van der Waals surface area contributed by atoms with Crippen LogP contribution in [0, 0.1) is 0 Å². The fourth-order valence-electron chi connectivity index (χ4n) is 2.99. The van der Waals surface area contributed by atoms with Crippen LogP contribution in [0.15, 0.2) is 28.9 Å². The predicted octanol–water partition coefficient (Wildman–Crippen LogP) is 1.55. The van der Waals surface area contributed by atoms with Gasteiger partial charge in [0, 0.05) is 18.7 Å². The van der Waals surface area contributed by atoms with Crippen molar-refractivity contribution < 1.29 is 14.1 Å². The fourth-order valence-corrected chi connectivity index (χ4v) is 2.99. The third-order valence-corrected chi connectivity index (χ3v) is 4.43. The Morgan fingerprint density at radius 1 is 1.30 bits per heavy atom. The Labute approximate surface area is 157 Å². The van der Waals surface area contributed by atoms with E-state index in [1.54, 1.807) is 6.20 Å². The van der Waals surface area contributed by atoms with Gasteiger partial charge in [0.15, 0.2) is 0 Å². The highest BCUT2D eigenvalue weighted by atomic mass is 16.5. The average molecular weight is 372 g/mol. The van der Waals surface area contributed by atoms with Crippen LogP contribution in [0.2, 0.25) is 0 Å². The average Bonchev–Trinajstić information content (AvgIpc) is 3.18. The van der Waals surface area contributed by atoms with Gasteiger partial charge in [-0.1, -0.05) is 18.1 Å². The zero-order valence-electron chi connectivity index (χ0n) is 15.4. The summed E-state index contributed by atoms with van der Waals surface area (Å²) < 4.78 is 5.41. The number of piperidine rings is 1. The summed E-state index contributed by atoms with van der Waals surface area (Å²) in [7, 11) is 0. The SMILES string of the molecule is CCCNC(=O)NC(=O)CN1CCC(c2nc(-c3ccccn3)no2)CC1. The van der Waals surface area contributed by atoms with Crippen LogP contribution in [0.3, 0.4) is 0 Å². The topological polar surface area (TPSA) is 113 Å². The zero-order chi connectivity index (χ0) is 19.1. The molecule has 3 rings (SSSR count). The molecule has 0 saturated carbocycles. The standard InChI is InChI=1S/C18H24N6O3/c1-2-8-20-18(26)21-15(25)12-24-10-6-13(7-11-24)17-22-16(23-27-17)14-5-3-4-9-19-14/h3-5,9,13H,2,6-8,10-12H2,1H3,(H2,20,21,25,26). The van der Waals surface area contributed by atoms with Crippen LogP contribution in [0.5, 0.6) is 0 Å². The lowest BCUT2D eigenvalue weighted by atomic mass is 9.97. The number of imide groups is 1. The zero-order valence-corrected chi connectivity index (χ0v) is 15.4. The van der Waals surface area contributed by atoms with Crippen molar-refractivity contribution in [3.05, 3.63) is 30.3 Å². The summed E-state index contributed by atoms with van der Waals surface area (Å²) in [6.45, 7) is 4.17. The first kappa shape index (κ1) is 19.0. The van der Waals surface area contributed by atoms with Crippen molar-refractivity contribution in [2.24, 2.45) is 0 Å². The minimum absolute atomic E-state index is 0.169. The lowest BCUT2D eigenvalue weighted by Crippen LogP contribution is -2.46. The Bertz CT molecular complexity index is 755. The molecule has 2 aromatic heterocycles. The summed E-state index contributed by atoms with van der Waals surface area (Å²) in [5, 5.41) is 8.99. The molecule has 27 heavy (non-hydrogen) atoms. The van der Waals surface area contributed by atoms with Crippen molar-refractivity contribution in [1.82, 2.24) is 30.7 Å². The summed E-state index contributed by atoms with van der Waals surface area (Å²) in [6.07, 6.45) is 4.16. The minimum Gasteiger partial charge on any atom is -0.339 e. The van der Waals surface area contributed by atoms with E-state index in [1.165, 1.54) is 0 Å². The number of rotatable bonds is 6. The van der Waals surface area contributed by atoms with E-state index in [0.29, 0.717) is 24.0 Å². The van der Waals surface area contributed by atoms with Gasteiger partial charge in [0.05, 0.1) is 6.54 Å². The maximum absolute atomic E-state index is 11.9. The van der Waals surface area contributed by atoms with Crippen LogP contribution in [0.25, 0.3) is 11.5 Å². The molecular formula is C18H24N6O3. The molecule has 0 bridgehead atoms. The number of pyridine rings is 1. The largest absolute Gasteiger partial charge is 0.339 e. The number of aromatic nitrogens is 3. The van der Waals surface area contributed by atoms with Gasteiger partial charge in [0.1, 0.15) is 5.69 Å². The van der Waals surface area contributed by atoms with E-state index < -0.39 is 6.03 Å². The van der Waals surface area contributed by atoms with Crippen molar-refractivity contribution in [3.8, 4) is 11.5 Å². The number of nitrogens with one attached hydrogen (secondary N) is 2. The normalized spacial score (nSPS) is 15.4. The van der Waals surface area contributed by atoms with Gasteiger partial charge in [-0.3, -0.25) is 20.0 Å². The van der Waals surface area contributed by atoms with Crippen LogP contribution in [0.1, 0.15) is 38.0 Å². The summed E-state index contributed by atoms with van der Waals surface area (Å²) in [4.78, 5) is 34.2. The molecule has 144 valence electrons. The number of carbonyl (C=O) groups excluding carboxylic acids is 2. The molecule has 0 unspecified atom stereocenters. The summed E-state index contributed by atoms with van der Waals surface area (Å²) in [6, 6.07) is 5.12. The van der Waals surface area contributed by atoms with Crippen LogP contribution in [0.4, 0.5) is 4.79 Å². The number of urea groups is 1. The fraction of sp³-hybridized carbons (Fsp3) is 0.500. The lowest BCUT2D eigenvalue weighted by Gasteiger charge is -2.29. The second kappa shape index (κ2) is 9.22. The van der Waals surface area contributed by atoms with Gasteiger partial charge in [0.2, 0.25) is 17.6 Å². The van der Waals surface area contributed by atoms with Gasteiger partial charge in [-0.25, -0.2) is 4.79 Å². The first-order valence-corrected chi connectivity index (χ1v) is 9.20. The van der Waals surface area contributed by atoms with Crippen molar-refractivity contribution in [3.63, 3.8) is 0 Å². The second-order valence-electron chi connectivity index (χ2n) is 6.53. The minimum atomic E-state index is -0.440. The van der Waals surface area contributed by atoms with E-state index in [0.717, 1.165) is 32.4 Å². The van der Waals surface area contributed by atoms with Gasteiger partial charge in [0.25, 0.3) is 0 Å². The van der Waals surface area contributed by atoms with E-state index in [1.807, 2.05) is 30.0 Å². The molecule has 1 fully saturated rings. The summed E-state index contributed by atoms with van der Waals surface area (Å²) >= 11 is 0. The number of hydrogen-bond donors (Lipinski definition) is 2. The molecule has 0 radical (unpaired) electrons. The highest BCUT2D eigenvalue weighted by Gasteiger charge is 2.26. The molecule has 1 saturated heterocycles. The van der Waals surface area contributed by atoms with E-state index in [-0.39, 0.29) is 18.4 Å². The number of likely N-dealkylation sites (tertiary alicyclic amines) is 1. The quantitative estimate of drug-likeness (QED) is 0.791. The maximum Gasteiger partial charge on any atom is 0.321 e.